The van der Waals surface area contributed by atoms with Gasteiger partial charge in [-0.2, -0.15) is 13.2 Å². The molecule has 1 aromatic heterocycles. The fraction of sp³-hybridized carbons (Fsp3) is 0.444. The number of fused-ring (bicyclic) bond motifs is 1. The molecule has 1 atom stereocenters. The predicted molar refractivity (Wildman–Crippen MR) is 137 cm³/mol. The number of nitrogens with zero attached hydrogens (tertiary/aromatic N) is 3. The van der Waals surface area contributed by atoms with Crippen LogP contribution in [0.4, 0.5) is 24.5 Å². The second kappa shape index (κ2) is 9.56. The van der Waals surface area contributed by atoms with Crippen molar-refractivity contribution in [1.82, 2.24) is 15.3 Å². The van der Waals surface area contributed by atoms with E-state index in [2.05, 4.69) is 27.0 Å². The Hall–Kier alpha value is -3.25. The van der Waals surface area contributed by atoms with Crippen LogP contribution in [0.25, 0.3) is 15.9 Å². The summed E-state index contributed by atoms with van der Waals surface area (Å²) in [5.74, 6) is 0.246. The molecule has 10 heteroatoms. The number of carbonyl (C=O) groups excluding carboxylic acids is 1. The number of nitrogens with one attached hydrogen (secondary N) is 2. The van der Waals surface area contributed by atoms with Gasteiger partial charge in [-0.05, 0) is 60.9 Å². The minimum atomic E-state index is -4.54. The van der Waals surface area contributed by atoms with Gasteiger partial charge in [0.05, 0.1) is 17.6 Å². The highest BCUT2D eigenvalue weighted by molar-refractivity contribution is 6.31. The van der Waals surface area contributed by atoms with Gasteiger partial charge >= 0.3 is 6.18 Å². The Bertz CT molecular complexity index is 1390. The molecule has 0 radical (unpaired) electrons. The summed E-state index contributed by atoms with van der Waals surface area (Å²) in [7, 11) is 0. The number of hydrogen-bond donors (Lipinski definition) is 2. The SMILES string of the molecule is [C-]#[N+]c1cc2[nH]c(Cc3cc(CNC(=O)C4(C(F)(F)F)CC4)ccc3Cl)nc2cc1N1CCCC(C)C1. The number of H-pyrrole nitrogens is 1. The van der Waals surface area contributed by atoms with E-state index < -0.39 is 17.5 Å². The van der Waals surface area contributed by atoms with Crippen molar-refractivity contribution in [2.24, 2.45) is 11.3 Å². The molecule has 3 aromatic rings. The average molecular weight is 530 g/mol. The number of hydrogen-bond acceptors (Lipinski definition) is 3. The van der Waals surface area contributed by atoms with Gasteiger partial charge in [0, 0.05) is 36.8 Å². The molecule has 2 aromatic carbocycles. The maximum atomic E-state index is 13.2. The van der Waals surface area contributed by atoms with Crippen LogP contribution in [0.15, 0.2) is 30.3 Å². The second-order valence-corrected chi connectivity index (χ2v) is 10.6. The molecule has 2 N–H and O–H groups in total. The molecule has 194 valence electrons. The van der Waals surface area contributed by atoms with Crippen LogP contribution in [-0.4, -0.2) is 35.1 Å². The molecule has 5 rings (SSSR count). The van der Waals surface area contributed by atoms with Gasteiger partial charge in [0.2, 0.25) is 11.6 Å². The molecular weight excluding hydrogens is 503 g/mol. The summed E-state index contributed by atoms with van der Waals surface area (Å²) in [4.78, 5) is 26.2. The van der Waals surface area contributed by atoms with Gasteiger partial charge < -0.3 is 15.2 Å². The standard InChI is InChI=1S/C27H27ClF3N5O/c1-16-4-3-9-36(15-16)23-13-21-20(12-22(23)32-2)34-24(35-21)11-18-10-17(5-6-19(18)28)14-33-25(37)26(7-8-26)27(29,30)31/h5-6,10,12-13,16H,3-4,7-9,11,14-15H2,1H3,(H,33,37)(H,34,35). The first-order chi connectivity index (χ1) is 17.6. The van der Waals surface area contributed by atoms with Crippen LogP contribution in [0.1, 0.15) is 49.6 Å². The summed E-state index contributed by atoms with van der Waals surface area (Å²) in [5.41, 5.74) is 2.15. The largest absolute Gasteiger partial charge is 0.403 e. The fourth-order valence-electron chi connectivity index (χ4n) is 5.09. The van der Waals surface area contributed by atoms with Crippen LogP contribution >= 0.6 is 11.6 Å². The molecule has 1 saturated carbocycles. The smallest absolute Gasteiger partial charge is 0.380 e. The summed E-state index contributed by atoms with van der Waals surface area (Å²) in [6.45, 7) is 11.7. The molecule has 1 aliphatic heterocycles. The molecule has 2 heterocycles. The van der Waals surface area contributed by atoms with E-state index >= 15 is 0 Å². The van der Waals surface area contributed by atoms with E-state index in [1.807, 2.05) is 12.1 Å². The summed E-state index contributed by atoms with van der Waals surface area (Å²) in [5, 5.41) is 2.93. The number of aromatic nitrogens is 2. The molecule has 1 unspecified atom stereocenters. The van der Waals surface area contributed by atoms with Crippen LogP contribution < -0.4 is 10.2 Å². The number of alkyl halides is 3. The third-order valence-electron chi connectivity index (χ3n) is 7.39. The number of aromatic amines is 1. The van der Waals surface area contributed by atoms with Crippen molar-refractivity contribution >= 4 is 39.9 Å². The quantitative estimate of drug-likeness (QED) is 0.356. The number of rotatable bonds is 6. The first-order valence-electron chi connectivity index (χ1n) is 12.4. The van der Waals surface area contributed by atoms with E-state index in [4.69, 9.17) is 23.2 Å². The van der Waals surface area contributed by atoms with Crippen LogP contribution in [0.2, 0.25) is 5.02 Å². The summed E-state index contributed by atoms with van der Waals surface area (Å²) in [6.07, 6.45) is -2.24. The van der Waals surface area contributed by atoms with Gasteiger partial charge in [0.1, 0.15) is 11.2 Å². The molecular formula is C27H27ClF3N5O. The van der Waals surface area contributed by atoms with Gasteiger partial charge in [-0.1, -0.05) is 30.7 Å². The Labute approximate surface area is 218 Å². The topological polar surface area (TPSA) is 65.4 Å². The lowest BCUT2D eigenvalue weighted by Gasteiger charge is -2.33. The number of anilines is 1. The zero-order chi connectivity index (χ0) is 26.4. The van der Waals surface area contributed by atoms with Crippen LogP contribution in [0.3, 0.4) is 0 Å². The van der Waals surface area contributed by atoms with Crippen molar-refractivity contribution in [3.63, 3.8) is 0 Å². The molecule has 6 nitrogen and oxygen atoms in total. The van der Waals surface area contributed by atoms with E-state index in [1.54, 1.807) is 18.2 Å². The Morgan fingerprint density at radius 3 is 2.78 bits per heavy atom. The van der Waals surface area contributed by atoms with Crippen molar-refractivity contribution in [3.05, 3.63) is 63.7 Å². The van der Waals surface area contributed by atoms with Gasteiger partial charge in [-0.25, -0.2) is 9.83 Å². The van der Waals surface area contributed by atoms with Crippen molar-refractivity contribution in [1.29, 1.82) is 0 Å². The second-order valence-electron chi connectivity index (χ2n) is 10.2. The zero-order valence-corrected chi connectivity index (χ0v) is 21.1. The number of imidazole rings is 1. The number of carbonyl (C=O) groups is 1. The van der Waals surface area contributed by atoms with Crippen molar-refractivity contribution in [2.75, 3.05) is 18.0 Å². The lowest BCUT2D eigenvalue weighted by Crippen LogP contribution is -2.40. The highest BCUT2D eigenvalue weighted by Gasteiger charge is 2.68. The molecule has 0 spiro atoms. The van der Waals surface area contributed by atoms with Gasteiger partial charge in [-0.3, -0.25) is 4.79 Å². The van der Waals surface area contributed by atoms with Crippen molar-refractivity contribution < 1.29 is 18.0 Å². The first-order valence-corrected chi connectivity index (χ1v) is 12.7. The van der Waals surface area contributed by atoms with Crippen LogP contribution in [0, 0.1) is 17.9 Å². The third kappa shape index (κ3) is 4.99. The van der Waals surface area contributed by atoms with Gasteiger partial charge in [-0.15, -0.1) is 0 Å². The van der Waals surface area contributed by atoms with E-state index in [0.717, 1.165) is 41.8 Å². The maximum Gasteiger partial charge on any atom is 0.403 e. The minimum Gasteiger partial charge on any atom is -0.380 e. The summed E-state index contributed by atoms with van der Waals surface area (Å²) >= 11 is 6.41. The summed E-state index contributed by atoms with van der Waals surface area (Å²) < 4.78 is 39.6. The highest BCUT2D eigenvalue weighted by Crippen LogP contribution is 2.57. The number of amides is 1. The van der Waals surface area contributed by atoms with Crippen molar-refractivity contribution in [3.8, 4) is 0 Å². The van der Waals surface area contributed by atoms with Crippen molar-refractivity contribution in [2.45, 2.75) is 51.7 Å². The Morgan fingerprint density at radius 1 is 1.32 bits per heavy atom. The number of halogens is 4. The van der Waals surface area contributed by atoms with E-state index in [1.165, 1.54) is 6.42 Å². The third-order valence-corrected chi connectivity index (χ3v) is 7.76. The molecule has 1 aliphatic carbocycles. The fourth-order valence-corrected chi connectivity index (χ4v) is 5.28. The Morgan fingerprint density at radius 2 is 2.11 bits per heavy atom. The maximum absolute atomic E-state index is 13.2. The lowest BCUT2D eigenvalue weighted by atomic mass is 9.99. The normalized spacial score (nSPS) is 19.0. The zero-order valence-electron chi connectivity index (χ0n) is 20.4. The molecule has 37 heavy (non-hydrogen) atoms. The molecule has 1 saturated heterocycles. The van der Waals surface area contributed by atoms with Crippen LogP contribution in [-0.2, 0) is 17.8 Å². The molecule has 0 bridgehead atoms. The van der Waals surface area contributed by atoms with Gasteiger partial charge in [0.25, 0.3) is 0 Å². The predicted octanol–water partition coefficient (Wildman–Crippen LogP) is 6.55. The first kappa shape index (κ1) is 25.4. The minimum absolute atomic E-state index is 0.0209. The van der Waals surface area contributed by atoms with E-state index in [9.17, 15) is 18.0 Å². The van der Waals surface area contributed by atoms with Crippen LogP contribution in [0.5, 0.6) is 0 Å². The number of piperidine rings is 1. The Kier molecular flexibility index (Phi) is 6.57. The molecule has 2 fully saturated rings. The Balaban J connectivity index is 1.33. The number of benzene rings is 2. The molecule has 1 amide bonds. The van der Waals surface area contributed by atoms with Gasteiger partial charge in [0.15, 0.2) is 0 Å². The van der Waals surface area contributed by atoms with E-state index in [-0.39, 0.29) is 19.4 Å². The van der Waals surface area contributed by atoms with E-state index in [0.29, 0.717) is 34.4 Å². The lowest BCUT2D eigenvalue weighted by molar-refractivity contribution is -0.192. The molecule has 2 aliphatic rings. The average Bonchev–Trinajstić information content (AvgIpc) is 3.59. The highest BCUT2D eigenvalue weighted by atomic mass is 35.5. The summed E-state index contributed by atoms with van der Waals surface area (Å²) in [6, 6.07) is 8.92. The monoisotopic (exact) mass is 529 g/mol.